The zero-order valence-corrected chi connectivity index (χ0v) is 12.9. The smallest absolute Gasteiger partial charge is 0.107 e. The van der Waals surface area contributed by atoms with Crippen LogP contribution in [-0.2, 0) is 0 Å². The summed E-state index contributed by atoms with van der Waals surface area (Å²) in [5, 5.41) is 0. The van der Waals surface area contributed by atoms with Gasteiger partial charge in [0.1, 0.15) is 4.99 Å². The summed E-state index contributed by atoms with van der Waals surface area (Å²) in [5.74, 6) is 0. The van der Waals surface area contributed by atoms with Crippen molar-refractivity contribution < 1.29 is 0 Å². The molecule has 1 saturated heterocycles. The van der Waals surface area contributed by atoms with Gasteiger partial charge in [-0.3, -0.25) is 0 Å². The largest absolute Gasteiger partial charge is 0.389 e. The predicted octanol–water partition coefficient (Wildman–Crippen LogP) is 3.85. The zero-order valence-electron chi connectivity index (χ0n) is 10.5. The molecule has 0 aromatic heterocycles. The summed E-state index contributed by atoms with van der Waals surface area (Å²) in [6, 6.07) is 6.18. The van der Waals surface area contributed by atoms with Crippen molar-refractivity contribution in [3.05, 3.63) is 28.2 Å². The maximum atomic E-state index is 5.87. The Hall–Kier alpha value is -0.610. The van der Waals surface area contributed by atoms with Crippen molar-refractivity contribution >= 4 is 38.8 Å². The van der Waals surface area contributed by atoms with Gasteiger partial charge in [0.15, 0.2) is 0 Å². The van der Waals surface area contributed by atoms with E-state index in [0.29, 0.717) is 4.99 Å². The third-order valence-electron chi connectivity index (χ3n) is 3.43. The number of thiocarbonyl (C=S) groups is 1. The molecular formula is C14H19BrN2S. The summed E-state index contributed by atoms with van der Waals surface area (Å²) in [6.07, 6.45) is 6.53. The molecule has 0 aliphatic carbocycles. The number of nitrogens with two attached hydrogens (primary N) is 1. The predicted molar refractivity (Wildman–Crippen MR) is 85.3 cm³/mol. The van der Waals surface area contributed by atoms with Gasteiger partial charge < -0.3 is 10.6 Å². The summed E-state index contributed by atoms with van der Waals surface area (Å²) in [4.78, 5) is 2.90. The highest BCUT2D eigenvalue weighted by Crippen LogP contribution is 2.29. The monoisotopic (exact) mass is 326 g/mol. The van der Waals surface area contributed by atoms with Gasteiger partial charge in [-0.1, -0.05) is 37.5 Å². The standard InChI is InChI=1S/C14H19BrN2S/c15-11-7-6-8-12(13(11)14(16)18)17-9-4-2-1-3-5-10-17/h6-8H,1-5,9-10H2,(H2,16,18). The molecule has 0 unspecified atom stereocenters. The Kier molecular flexibility index (Phi) is 5.01. The van der Waals surface area contributed by atoms with Crippen LogP contribution in [0.1, 0.15) is 37.7 Å². The lowest BCUT2D eigenvalue weighted by molar-refractivity contribution is 0.556. The molecule has 0 bridgehead atoms. The second-order valence-electron chi connectivity index (χ2n) is 4.75. The molecule has 1 aromatic rings. The van der Waals surface area contributed by atoms with E-state index in [9.17, 15) is 0 Å². The number of hydrogen-bond acceptors (Lipinski definition) is 2. The van der Waals surface area contributed by atoms with Crippen LogP contribution >= 0.6 is 28.1 Å². The Morgan fingerprint density at radius 3 is 2.33 bits per heavy atom. The third-order valence-corrected chi connectivity index (χ3v) is 4.30. The van der Waals surface area contributed by atoms with Gasteiger partial charge in [-0.25, -0.2) is 0 Å². The lowest BCUT2D eigenvalue weighted by Crippen LogP contribution is -2.29. The Labute approximate surface area is 123 Å². The number of rotatable bonds is 2. The van der Waals surface area contributed by atoms with E-state index in [1.807, 2.05) is 6.07 Å². The van der Waals surface area contributed by atoms with Crippen LogP contribution in [0, 0.1) is 0 Å². The van der Waals surface area contributed by atoms with Crippen LogP contribution in [0.4, 0.5) is 5.69 Å². The minimum absolute atomic E-state index is 0.472. The molecule has 1 aliphatic rings. The van der Waals surface area contributed by atoms with Crippen LogP contribution < -0.4 is 10.6 Å². The molecule has 1 aromatic carbocycles. The highest BCUT2D eigenvalue weighted by atomic mass is 79.9. The minimum atomic E-state index is 0.472. The Bertz CT molecular complexity index is 426. The van der Waals surface area contributed by atoms with E-state index in [-0.39, 0.29) is 0 Å². The highest BCUT2D eigenvalue weighted by Gasteiger charge is 2.16. The minimum Gasteiger partial charge on any atom is -0.389 e. The Balaban J connectivity index is 2.30. The van der Waals surface area contributed by atoms with Crippen LogP contribution in [0.5, 0.6) is 0 Å². The van der Waals surface area contributed by atoms with E-state index in [2.05, 4.69) is 33.0 Å². The molecule has 2 rings (SSSR count). The summed E-state index contributed by atoms with van der Waals surface area (Å²) >= 11 is 8.74. The van der Waals surface area contributed by atoms with Crippen molar-refractivity contribution in [2.45, 2.75) is 32.1 Å². The summed E-state index contributed by atoms with van der Waals surface area (Å²) < 4.78 is 0.995. The van der Waals surface area contributed by atoms with Crippen LogP contribution in [0.25, 0.3) is 0 Å². The second-order valence-corrected chi connectivity index (χ2v) is 6.05. The number of benzene rings is 1. The van der Waals surface area contributed by atoms with Gasteiger partial charge in [0.2, 0.25) is 0 Å². The third kappa shape index (κ3) is 3.23. The van der Waals surface area contributed by atoms with Gasteiger partial charge in [0.25, 0.3) is 0 Å². The topological polar surface area (TPSA) is 29.3 Å². The van der Waals surface area contributed by atoms with E-state index < -0.39 is 0 Å². The molecular weight excluding hydrogens is 308 g/mol. The van der Waals surface area contributed by atoms with Gasteiger partial charge in [-0.05, 0) is 40.9 Å². The Morgan fingerprint density at radius 2 is 1.72 bits per heavy atom. The maximum absolute atomic E-state index is 5.87. The van der Waals surface area contributed by atoms with E-state index in [1.54, 1.807) is 0 Å². The van der Waals surface area contributed by atoms with Gasteiger partial charge >= 0.3 is 0 Å². The molecule has 1 heterocycles. The van der Waals surface area contributed by atoms with Crippen molar-refractivity contribution in [2.75, 3.05) is 18.0 Å². The highest BCUT2D eigenvalue weighted by molar-refractivity contribution is 9.10. The van der Waals surface area contributed by atoms with Crippen molar-refractivity contribution in [2.24, 2.45) is 5.73 Å². The molecule has 18 heavy (non-hydrogen) atoms. The SMILES string of the molecule is NC(=S)c1c(Br)cccc1N1CCCCCCC1. The Morgan fingerprint density at radius 1 is 1.11 bits per heavy atom. The van der Waals surface area contributed by atoms with Crippen LogP contribution in [0.2, 0.25) is 0 Å². The summed E-state index contributed by atoms with van der Waals surface area (Å²) in [6.45, 7) is 2.21. The zero-order chi connectivity index (χ0) is 13.0. The van der Waals surface area contributed by atoms with Crippen molar-refractivity contribution in [1.82, 2.24) is 0 Å². The molecule has 98 valence electrons. The maximum Gasteiger partial charge on any atom is 0.107 e. The molecule has 0 spiro atoms. The fourth-order valence-corrected chi connectivity index (χ4v) is 3.42. The second kappa shape index (κ2) is 6.53. The lowest BCUT2D eigenvalue weighted by Gasteiger charge is -2.29. The van der Waals surface area contributed by atoms with Crippen LogP contribution in [0.15, 0.2) is 22.7 Å². The normalized spacial score (nSPS) is 17.1. The molecule has 2 nitrogen and oxygen atoms in total. The first kappa shape index (κ1) is 13.8. The molecule has 2 N–H and O–H groups in total. The van der Waals surface area contributed by atoms with Crippen molar-refractivity contribution in [1.29, 1.82) is 0 Å². The number of hydrogen-bond donors (Lipinski definition) is 1. The van der Waals surface area contributed by atoms with Crippen molar-refractivity contribution in [3.8, 4) is 0 Å². The van der Waals surface area contributed by atoms with E-state index >= 15 is 0 Å². The first-order valence-electron chi connectivity index (χ1n) is 6.53. The summed E-state index contributed by atoms with van der Waals surface area (Å²) in [5.41, 5.74) is 8.03. The lowest BCUT2D eigenvalue weighted by atomic mass is 10.1. The number of anilines is 1. The van der Waals surface area contributed by atoms with Crippen molar-refractivity contribution in [3.63, 3.8) is 0 Å². The average molecular weight is 327 g/mol. The molecule has 0 saturated carbocycles. The average Bonchev–Trinajstić information content (AvgIpc) is 2.27. The number of halogens is 1. The van der Waals surface area contributed by atoms with E-state index in [1.165, 1.54) is 37.8 Å². The van der Waals surface area contributed by atoms with Crippen LogP contribution in [-0.4, -0.2) is 18.1 Å². The molecule has 0 atom stereocenters. The molecule has 1 fully saturated rings. The van der Waals surface area contributed by atoms with Gasteiger partial charge in [0.05, 0.1) is 0 Å². The molecule has 0 radical (unpaired) electrons. The fraction of sp³-hybridized carbons (Fsp3) is 0.500. The molecule has 4 heteroatoms. The molecule has 0 amide bonds. The van der Waals surface area contributed by atoms with Gasteiger partial charge in [-0.2, -0.15) is 0 Å². The van der Waals surface area contributed by atoms with E-state index in [0.717, 1.165) is 23.1 Å². The number of nitrogens with zero attached hydrogens (tertiary/aromatic N) is 1. The van der Waals surface area contributed by atoms with Crippen LogP contribution in [0.3, 0.4) is 0 Å². The first-order chi connectivity index (χ1) is 8.70. The van der Waals surface area contributed by atoms with E-state index in [4.69, 9.17) is 18.0 Å². The first-order valence-corrected chi connectivity index (χ1v) is 7.73. The summed E-state index contributed by atoms with van der Waals surface area (Å²) in [7, 11) is 0. The fourth-order valence-electron chi connectivity index (χ4n) is 2.51. The quantitative estimate of drug-likeness (QED) is 0.837. The molecule has 1 aliphatic heterocycles. The van der Waals surface area contributed by atoms with Gasteiger partial charge in [0, 0.05) is 28.8 Å². The van der Waals surface area contributed by atoms with Gasteiger partial charge in [-0.15, -0.1) is 0 Å².